The highest BCUT2D eigenvalue weighted by Crippen LogP contribution is 2.25. The standard InChI is InChI=1S/C16H30S2/c1-17-14-11-15-18-16-12-9-7-5-3-2-4-6-8-10-13-16/h12H,2-11,13-15H2,1H3. The van der Waals surface area contributed by atoms with Gasteiger partial charge in [-0.05, 0) is 54.8 Å². The summed E-state index contributed by atoms with van der Waals surface area (Å²) < 4.78 is 0. The van der Waals surface area contributed by atoms with E-state index in [9.17, 15) is 0 Å². The van der Waals surface area contributed by atoms with Gasteiger partial charge in [-0.3, -0.25) is 0 Å². The molecule has 0 nitrogen and oxygen atoms in total. The summed E-state index contributed by atoms with van der Waals surface area (Å²) in [5.41, 5.74) is 0. The zero-order valence-electron chi connectivity index (χ0n) is 12.1. The maximum Gasteiger partial charge on any atom is -0.00155 e. The Bertz CT molecular complexity index is 211. The quantitative estimate of drug-likeness (QED) is 0.546. The van der Waals surface area contributed by atoms with Gasteiger partial charge in [0.25, 0.3) is 0 Å². The van der Waals surface area contributed by atoms with Gasteiger partial charge in [0.1, 0.15) is 0 Å². The van der Waals surface area contributed by atoms with E-state index in [0.717, 1.165) is 0 Å². The topological polar surface area (TPSA) is 0 Å². The van der Waals surface area contributed by atoms with E-state index in [-0.39, 0.29) is 0 Å². The predicted octanol–water partition coefficient (Wildman–Crippen LogP) is 6.27. The van der Waals surface area contributed by atoms with Crippen LogP contribution in [0.4, 0.5) is 0 Å². The van der Waals surface area contributed by atoms with Crippen molar-refractivity contribution in [3.05, 3.63) is 11.0 Å². The molecule has 106 valence electrons. The lowest BCUT2D eigenvalue weighted by Crippen LogP contribution is -1.89. The molecule has 0 spiro atoms. The second kappa shape index (κ2) is 12.5. The summed E-state index contributed by atoms with van der Waals surface area (Å²) in [6, 6.07) is 0. The summed E-state index contributed by atoms with van der Waals surface area (Å²) in [6.45, 7) is 0. The fourth-order valence-corrected chi connectivity index (χ4v) is 4.10. The molecule has 0 bridgehead atoms. The minimum atomic E-state index is 1.32. The van der Waals surface area contributed by atoms with E-state index in [2.05, 4.69) is 24.1 Å². The normalized spacial score (nSPS) is 19.7. The summed E-state index contributed by atoms with van der Waals surface area (Å²) in [6.07, 6.45) is 20.4. The van der Waals surface area contributed by atoms with Crippen LogP contribution in [0, 0.1) is 0 Å². The maximum absolute atomic E-state index is 2.55. The molecule has 0 amide bonds. The molecule has 0 aliphatic heterocycles. The van der Waals surface area contributed by atoms with Crippen LogP contribution in [0.5, 0.6) is 0 Å². The van der Waals surface area contributed by atoms with E-state index < -0.39 is 0 Å². The molecule has 0 aromatic carbocycles. The molecule has 1 rings (SSSR count). The van der Waals surface area contributed by atoms with Crippen molar-refractivity contribution in [2.45, 2.75) is 70.6 Å². The molecule has 0 radical (unpaired) electrons. The molecule has 2 heteroatoms. The van der Waals surface area contributed by atoms with Gasteiger partial charge < -0.3 is 0 Å². The SMILES string of the molecule is CSCCCSC1=CCCCCCCCCCC1. The number of hydrogen-bond donors (Lipinski definition) is 0. The van der Waals surface area contributed by atoms with Gasteiger partial charge in [0.05, 0.1) is 0 Å². The molecular weight excluding hydrogens is 256 g/mol. The molecule has 0 saturated carbocycles. The summed E-state index contributed by atoms with van der Waals surface area (Å²) in [7, 11) is 0. The van der Waals surface area contributed by atoms with Crippen molar-refractivity contribution in [1.82, 2.24) is 0 Å². The van der Waals surface area contributed by atoms with Gasteiger partial charge in [-0.1, -0.05) is 44.6 Å². The average molecular weight is 287 g/mol. The van der Waals surface area contributed by atoms with Gasteiger partial charge in [-0.15, -0.1) is 11.8 Å². The van der Waals surface area contributed by atoms with Gasteiger partial charge in [0, 0.05) is 0 Å². The first-order valence-corrected chi connectivity index (χ1v) is 10.1. The average Bonchev–Trinajstić information content (AvgIpc) is 2.37. The molecule has 0 fully saturated rings. The van der Waals surface area contributed by atoms with Gasteiger partial charge in [0.15, 0.2) is 0 Å². The lowest BCUT2D eigenvalue weighted by atomic mass is 10.0. The van der Waals surface area contributed by atoms with E-state index in [1.165, 1.54) is 82.1 Å². The molecular formula is C16H30S2. The molecule has 0 unspecified atom stereocenters. The predicted molar refractivity (Wildman–Crippen MR) is 89.7 cm³/mol. The van der Waals surface area contributed by atoms with Crippen molar-refractivity contribution < 1.29 is 0 Å². The van der Waals surface area contributed by atoms with Crippen LogP contribution in [0.1, 0.15) is 70.6 Å². The molecule has 1 aliphatic rings. The highest BCUT2D eigenvalue weighted by molar-refractivity contribution is 8.03. The summed E-state index contributed by atoms with van der Waals surface area (Å²) in [4.78, 5) is 1.69. The van der Waals surface area contributed by atoms with Crippen LogP contribution in [0.25, 0.3) is 0 Å². The van der Waals surface area contributed by atoms with Crippen molar-refractivity contribution in [3.8, 4) is 0 Å². The number of rotatable bonds is 5. The van der Waals surface area contributed by atoms with Crippen LogP contribution >= 0.6 is 23.5 Å². The van der Waals surface area contributed by atoms with E-state index in [1.807, 2.05) is 11.8 Å². The monoisotopic (exact) mass is 286 g/mol. The third kappa shape index (κ3) is 9.38. The van der Waals surface area contributed by atoms with Crippen molar-refractivity contribution in [3.63, 3.8) is 0 Å². The Balaban J connectivity index is 2.25. The molecule has 0 atom stereocenters. The maximum atomic E-state index is 2.55. The second-order valence-corrected chi connectivity index (χ2v) is 7.44. The third-order valence-electron chi connectivity index (χ3n) is 3.53. The highest BCUT2D eigenvalue weighted by Gasteiger charge is 2.01. The van der Waals surface area contributed by atoms with Crippen molar-refractivity contribution in [2.24, 2.45) is 0 Å². The van der Waals surface area contributed by atoms with Crippen molar-refractivity contribution >= 4 is 23.5 Å². The minimum Gasteiger partial charge on any atom is -0.165 e. The van der Waals surface area contributed by atoms with Gasteiger partial charge in [-0.25, -0.2) is 0 Å². The Hall–Kier alpha value is 0.440. The van der Waals surface area contributed by atoms with E-state index in [0.29, 0.717) is 0 Å². The van der Waals surface area contributed by atoms with E-state index in [4.69, 9.17) is 0 Å². The minimum absolute atomic E-state index is 1.32. The Labute approximate surface area is 123 Å². The van der Waals surface area contributed by atoms with Crippen molar-refractivity contribution in [1.29, 1.82) is 0 Å². The van der Waals surface area contributed by atoms with Crippen LogP contribution in [-0.4, -0.2) is 17.8 Å². The zero-order valence-corrected chi connectivity index (χ0v) is 13.7. The number of hydrogen-bond acceptors (Lipinski definition) is 2. The largest absolute Gasteiger partial charge is 0.165 e. The Morgan fingerprint density at radius 1 is 0.889 bits per heavy atom. The smallest absolute Gasteiger partial charge is 0.00155 e. The summed E-state index contributed by atoms with van der Waals surface area (Å²) in [5.74, 6) is 2.65. The lowest BCUT2D eigenvalue weighted by molar-refractivity contribution is 0.565. The Kier molecular flexibility index (Phi) is 11.4. The fourth-order valence-electron chi connectivity index (χ4n) is 2.41. The third-order valence-corrected chi connectivity index (χ3v) is 5.46. The van der Waals surface area contributed by atoms with Gasteiger partial charge in [0.2, 0.25) is 0 Å². The van der Waals surface area contributed by atoms with Crippen molar-refractivity contribution in [2.75, 3.05) is 17.8 Å². The van der Waals surface area contributed by atoms with Crippen LogP contribution in [-0.2, 0) is 0 Å². The Morgan fingerprint density at radius 2 is 1.56 bits per heavy atom. The second-order valence-electron chi connectivity index (χ2n) is 5.23. The fraction of sp³-hybridized carbons (Fsp3) is 0.875. The zero-order chi connectivity index (χ0) is 12.9. The molecule has 18 heavy (non-hydrogen) atoms. The van der Waals surface area contributed by atoms with Crippen LogP contribution in [0.15, 0.2) is 11.0 Å². The summed E-state index contributed by atoms with van der Waals surface area (Å²) in [5, 5.41) is 0. The first-order valence-electron chi connectivity index (χ1n) is 7.74. The van der Waals surface area contributed by atoms with Crippen LogP contribution in [0.3, 0.4) is 0 Å². The van der Waals surface area contributed by atoms with Gasteiger partial charge >= 0.3 is 0 Å². The Morgan fingerprint density at radius 3 is 2.28 bits per heavy atom. The van der Waals surface area contributed by atoms with E-state index in [1.54, 1.807) is 4.91 Å². The summed E-state index contributed by atoms with van der Waals surface area (Å²) >= 11 is 4.11. The molecule has 0 heterocycles. The van der Waals surface area contributed by atoms with Crippen LogP contribution in [0.2, 0.25) is 0 Å². The molecule has 1 aliphatic carbocycles. The molecule has 0 N–H and O–H groups in total. The first kappa shape index (κ1) is 16.5. The van der Waals surface area contributed by atoms with Gasteiger partial charge in [-0.2, -0.15) is 11.8 Å². The first-order chi connectivity index (χ1) is 8.93. The number of thioether (sulfide) groups is 2. The van der Waals surface area contributed by atoms with Crippen LogP contribution < -0.4 is 0 Å². The lowest BCUT2D eigenvalue weighted by Gasteiger charge is -2.09. The number of allylic oxidation sites excluding steroid dienone is 2. The molecule has 0 aromatic heterocycles. The highest BCUT2D eigenvalue weighted by atomic mass is 32.2. The molecule has 0 aromatic rings. The van der Waals surface area contributed by atoms with E-state index >= 15 is 0 Å². The molecule has 0 saturated heterocycles.